The number of carbonyl (C=O) groups is 1. The molecule has 128 valence electrons. The highest BCUT2D eigenvalue weighted by molar-refractivity contribution is 5.92. The smallest absolute Gasteiger partial charge is 0.270 e. The van der Waals surface area contributed by atoms with E-state index in [1.807, 2.05) is 19.1 Å². The zero-order valence-electron chi connectivity index (χ0n) is 14.2. The first kappa shape index (κ1) is 15.6. The molecule has 0 spiro atoms. The van der Waals surface area contributed by atoms with Crippen LogP contribution in [0.4, 0.5) is 0 Å². The lowest BCUT2D eigenvalue weighted by molar-refractivity contribution is 0.0927. The predicted molar refractivity (Wildman–Crippen MR) is 90.8 cm³/mol. The zero-order valence-corrected chi connectivity index (χ0v) is 14.2. The van der Waals surface area contributed by atoms with E-state index in [1.54, 1.807) is 24.0 Å². The van der Waals surface area contributed by atoms with Gasteiger partial charge < -0.3 is 9.84 Å². The Labute approximate surface area is 145 Å². The molecule has 1 N–H and O–H groups in total. The lowest BCUT2D eigenvalue weighted by atomic mass is 10.0. The predicted octanol–water partition coefficient (Wildman–Crippen LogP) is 2.45. The minimum absolute atomic E-state index is 0.0166. The molecule has 0 bridgehead atoms. The molecule has 2 heterocycles. The van der Waals surface area contributed by atoms with Crippen LogP contribution in [0.1, 0.15) is 46.9 Å². The fourth-order valence-corrected chi connectivity index (χ4v) is 3.25. The van der Waals surface area contributed by atoms with Crippen LogP contribution in [-0.4, -0.2) is 25.8 Å². The quantitative estimate of drug-likeness (QED) is 0.790. The molecule has 0 unspecified atom stereocenters. The van der Waals surface area contributed by atoms with Gasteiger partial charge in [0.2, 0.25) is 11.7 Å². The maximum Gasteiger partial charge on any atom is 0.270 e. The van der Waals surface area contributed by atoms with Crippen molar-refractivity contribution in [3.05, 3.63) is 53.2 Å². The van der Waals surface area contributed by atoms with Crippen LogP contribution in [0.25, 0.3) is 11.4 Å². The Morgan fingerprint density at radius 1 is 1.40 bits per heavy atom. The molecule has 4 rings (SSSR count). The Balaban J connectivity index is 1.55. The van der Waals surface area contributed by atoms with E-state index in [-0.39, 0.29) is 11.9 Å². The molecule has 1 aliphatic carbocycles. The van der Waals surface area contributed by atoms with Crippen LogP contribution in [0.3, 0.4) is 0 Å². The van der Waals surface area contributed by atoms with E-state index in [4.69, 9.17) is 4.52 Å². The fraction of sp³-hybridized carbons (Fsp3) is 0.333. The molecule has 0 saturated carbocycles. The fourth-order valence-electron chi connectivity index (χ4n) is 3.25. The van der Waals surface area contributed by atoms with Gasteiger partial charge in [-0.05, 0) is 36.1 Å². The van der Waals surface area contributed by atoms with E-state index in [1.165, 1.54) is 5.56 Å². The number of hydrogen-bond donors (Lipinski definition) is 1. The summed E-state index contributed by atoms with van der Waals surface area (Å²) in [5.41, 5.74) is 3.87. The van der Waals surface area contributed by atoms with E-state index >= 15 is 0 Å². The molecule has 0 fully saturated rings. The van der Waals surface area contributed by atoms with Crippen molar-refractivity contribution in [2.24, 2.45) is 7.05 Å². The van der Waals surface area contributed by atoms with Gasteiger partial charge in [0, 0.05) is 25.2 Å². The summed E-state index contributed by atoms with van der Waals surface area (Å²) in [7, 11) is 1.76. The van der Waals surface area contributed by atoms with Crippen LogP contribution in [-0.2, 0) is 19.9 Å². The van der Waals surface area contributed by atoms with Crippen molar-refractivity contribution >= 4 is 5.91 Å². The largest absolute Gasteiger partial charge is 0.344 e. The van der Waals surface area contributed by atoms with E-state index < -0.39 is 0 Å². The first-order valence-electron chi connectivity index (χ1n) is 8.40. The standard InChI is InChI=1S/C18H19N5O2/c1-3-16-21-17(22-25-16)12-4-6-13-11(10-12)5-7-14(13)20-18(24)15-8-9-19-23(15)2/h4,6,8-10,14H,3,5,7H2,1-2H3,(H,20,24)/t14-/m1/s1. The van der Waals surface area contributed by atoms with Gasteiger partial charge in [0.05, 0.1) is 6.04 Å². The third kappa shape index (κ3) is 2.82. The van der Waals surface area contributed by atoms with E-state index in [0.29, 0.717) is 17.4 Å². The minimum Gasteiger partial charge on any atom is -0.344 e. The van der Waals surface area contributed by atoms with Crippen LogP contribution in [0.15, 0.2) is 35.0 Å². The van der Waals surface area contributed by atoms with Crippen molar-refractivity contribution in [3.63, 3.8) is 0 Å². The summed E-state index contributed by atoms with van der Waals surface area (Å²) >= 11 is 0. The van der Waals surface area contributed by atoms with Crippen LogP contribution in [0.5, 0.6) is 0 Å². The molecule has 7 heteroatoms. The van der Waals surface area contributed by atoms with Crippen molar-refractivity contribution < 1.29 is 9.32 Å². The van der Waals surface area contributed by atoms with Crippen molar-refractivity contribution in [2.75, 3.05) is 0 Å². The molecule has 7 nitrogen and oxygen atoms in total. The SMILES string of the molecule is CCc1nc(-c2ccc3c(c2)CC[C@H]3NC(=O)c2ccnn2C)no1. The topological polar surface area (TPSA) is 85.8 Å². The molecule has 0 aliphatic heterocycles. The highest BCUT2D eigenvalue weighted by atomic mass is 16.5. The van der Waals surface area contributed by atoms with Crippen molar-refractivity contribution in [3.8, 4) is 11.4 Å². The van der Waals surface area contributed by atoms with Crippen LogP contribution in [0.2, 0.25) is 0 Å². The van der Waals surface area contributed by atoms with Gasteiger partial charge in [-0.15, -0.1) is 0 Å². The molecular weight excluding hydrogens is 318 g/mol. The van der Waals surface area contributed by atoms with Crippen LogP contribution in [0, 0.1) is 0 Å². The average molecular weight is 337 g/mol. The minimum atomic E-state index is -0.104. The number of benzene rings is 1. The van der Waals surface area contributed by atoms with Crippen molar-refractivity contribution in [1.29, 1.82) is 0 Å². The number of aromatic nitrogens is 4. The molecule has 1 atom stereocenters. The Morgan fingerprint density at radius 2 is 2.28 bits per heavy atom. The summed E-state index contributed by atoms with van der Waals surface area (Å²) in [6.45, 7) is 1.98. The molecule has 1 aromatic carbocycles. The maximum atomic E-state index is 12.4. The lowest BCUT2D eigenvalue weighted by Crippen LogP contribution is -2.28. The molecule has 1 amide bonds. The van der Waals surface area contributed by atoms with Crippen molar-refractivity contribution in [1.82, 2.24) is 25.2 Å². The molecule has 0 saturated heterocycles. The van der Waals surface area contributed by atoms with Gasteiger partial charge in [0.1, 0.15) is 5.69 Å². The number of rotatable bonds is 4. The summed E-state index contributed by atoms with van der Waals surface area (Å²) in [5, 5.41) is 11.2. The summed E-state index contributed by atoms with van der Waals surface area (Å²) in [6.07, 6.45) is 4.14. The highest BCUT2D eigenvalue weighted by Gasteiger charge is 2.26. The third-order valence-electron chi connectivity index (χ3n) is 4.61. The number of hydrogen-bond acceptors (Lipinski definition) is 5. The zero-order chi connectivity index (χ0) is 17.4. The molecular formula is C18H19N5O2. The number of nitrogens with zero attached hydrogens (tertiary/aromatic N) is 4. The second-order valence-corrected chi connectivity index (χ2v) is 6.18. The summed E-state index contributed by atoms with van der Waals surface area (Å²) in [4.78, 5) is 16.8. The number of fused-ring (bicyclic) bond motifs is 1. The van der Waals surface area contributed by atoms with E-state index in [2.05, 4.69) is 26.6 Å². The van der Waals surface area contributed by atoms with Crippen molar-refractivity contribution in [2.45, 2.75) is 32.2 Å². The number of nitrogens with one attached hydrogen (secondary N) is 1. The number of aryl methyl sites for hydroxylation is 3. The molecule has 3 aromatic rings. The molecule has 1 aliphatic rings. The van der Waals surface area contributed by atoms with E-state index in [9.17, 15) is 4.79 Å². The first-order valence-corrected chi connectivity index (χ1v) is 8.40. The van der Waals surface area contributed by atoms with E-state index in [0.717, 1.165) is 30.4 Å². The third-order valence-corrected chi connectivity index (χ3v) is 4.61. The number of amides is 1. The highest BCUT2D eigenvalue weighted by Crippen LogP contribution is 2.33. The first-order chi connectivity index (χ1) is 12.2. The van der Waals surface area contributed by atoms with Gasteiger partial charge in [-0.25, -0.2) is 0 Å². The van der Waals surface area contributed by atoms with Crippen LogP contribution < -0.4 is 5.32 Å². The molecule has 25 heavy (non-hydrogen) atoms. The molecule has 2 aromatic heterocycles. The Bertz CT molecular complexity index is 927. The number of carbonyl (C=O) groups excluding carboxylic acids is 1. The monoisotopic (exact) mass is 337 g/mol. The Morgan fingerprint density at radius 3 is 3.00 bits per heavy atom. The average Bonchev–Trinajstić information content (AvgIpc) is 3.34. The summed E-state index contributed by atoms with van der Waals surface area (Å²) < 4.78 is 6.77. The summed E-state index contributed by atoms with van der Waals surface area (Å²) in [6, 6.07) is 7.86. The normalized spacial score (nSPS) is 16.0. The van der Waals surface area contributed by atoms with Gasteiger partial charge >= 0.3 is 0 Å². The van der Waals surface area contributed by atoms with Gasteiger partial charge in [0.15, 0.2) is 0 Å². The van der Waals surface area contributed by atoms with Gasteiger partial charge in [-0.1, -0.05) is 24.2 Å². The van der Waals surface area contributed by atoms with Crippen LogP contribution >= 0.6 is 0 Å². The van der Waals surface area contributed by atoms with Gasteiger partial charge in [-0.3, -0.25) is 9.48 Å². The lowest BCUT2D eigenvalue weighted by Gasteiger charge is -2.14. The second-order valence-electron chi connectivity index (χ2n) is 6.18. The second kappa shape index (κ2) is 6.16. The van der Waals surface area contributed by atoms with Gasteiger partial charge in [-0.2, -0.15) is 10.1 Å². The Kier molecular flexibility index (Phi) is 3.83. The summed E-state index contributed by atoms with van der Waals surface area (Å²) in [5.74, 6) is 1.14. The van der Waals surface area contributed by atoms with Gasteiger partial charge in [0.25, 0.3) is 5.91 Å². The Hall–Kier alpha value is -2.96. The maximum absolute atomic E-state index is 12.4. The molecule has 0 radical (unpaired) electrons.